The maximum absolute atomic E-state index is 6.37. The average Bonchev–Trinajstić information content (AvgIpc) is 3.15. The number of rotatable bonds is 2. The fraction of sp³-hybridized carbons (Fsp3) is 0.136. The molecule has 0 fully saturated rings. The first-order valence-corrected chi connectivity index (χ1v) is 9.51. The first-order valence-electron chi connectivity index (χ1n) is 8.72. The summed E-state index contributed by atoms with van der Waals surface area (Å²) in [5.41, 5.74) is 4.57. The molecule has 2 heterocycles. The summed E-state index contributed by atoms with van der Waals surface area (Å²) in [6, 6.07) is 27.1. The highest BCUT2D eigenvalue weighted by Crippen LogP contribution is 2.48. The lowest BCUT2D eigenvalue weighted by molar-refractivity contribution is -0.0190. The van der Waals surface area contributed by atoms with Crippen molar-refractivity contribution in [1.29, 1.82) is 0 Å². The minimum absolute atomic E-state index is 0.177. The van der Waals surface area contributed by atoms with E-state index in [-0.39, 0.29) is 12.3 Å². The van der Waals surface area contributed by atoms with E-state index in [9.17, 15) is 0 Å². The van der Waals surface area contributed by atoms with Crippen LogP contribution in [-0.4, -0.2) is 10.7 Å². The molecule has 2 unspecified atom stereocenters. The normalized spacial score (nSPS) is 20.8. The number of hydrazone groups is 1. The van der Waals surface area contributed by atoms with Crippen LogP contribution in [0, 0.1) is 0 Å². The second kappa shape index (κ2) is 6.29. The van der Waals surface area contributed by atoms with E-state index >= 15 is 0 Å². The predicted octanol–water partition coefficient (Wildman–Crippen LogP) is 5.69. The SMILES string of the molecule is Brc1ccc2c(c1)C1CC(c3ccccc3)=NN1C(c1ccccc1)O2. The summed E-state index contributed by atoms with van der Waals surface area (Å²) in [5, 5.41) is 7.09. The zero-order chi connectivity index (χ0) is 17.5. The zero-order valence-electron chi connectivity index (χ0n) is 14.0. The zero-order valence-corrected chi connectivity index (χ0v) is 15.6. The summed E-state index contributed by atoms with van der Waals surface area (Å²) >= 11 is 3.60. The Morgan fingerprint density at radius 2 is 1.65 bits per heavy atom. The monoisotopic (exact) mass is 404 g/mol. The molecule has 0 spiro atoms. The molecule has 3 aromatic rings. The van der Waals surface area contributed by atoms with Gasteiger partial charge < -0.3 is 4.74 Å². The van der Waals surface area contributed by atoms with E-state index in [4.69, 9.17) is 9.84 Å². The number of halogens is 1. The van der Waals surface area contributed by atoms with Gasteiger partial charge in [0.1, 0.15) is 5.75 Å². The van der Waals surface area contributed by atoms with Gasteiger partial charge >= 0.3 is 0 Å². The van der Waals surface area contributed by atoms with Crippen molar-refractivity contribution in [3.8, 4) is 5.75 Å². The molecule has 0 aromatic heterocycles. The van der Waals surface area contributed by atoms with Gasteiger partial charge in [-0.05, 0) is 23.8 Å². The van der Waals surface area contributed by atoms with Gasteiger partial charge in [-0.1, -0.05) is 76.6 Å². The fourth-order valence-electron chi connectivity index (χ4n) is 3.70. The third kappa shape index (κ3) is 2.61. The molecule has 3 aromatic carbocycles. The molecule has 2 aliphatic heterocycles. The predicted molar refractivity (Wildman–Crippen MR) is 106 cm³/mol. The van der Waals surface area contributed by atoms with Gasteiger partial charge in [0, 0.05) is 22.0 Å². The average molecular weight is 405 g/mol. The lowest BCUT2D eigenvalue weighted by atomic mass is 9.96. The molecular weight excluding hydrogens is 388 g/mol. The second-order valence-electron chi connectivity index (χ2n) is 6.58. The van der Waals surface area contributed by atoms with E-state index in [1.165, 1.54) is 11.1 Å². The third-order valence-electron chi connectivity index (χ3n) is 4.94. The molecule has 0 aliphatic carbocycles. The van der Waals surface area contributed by atoms with Crippen LogP contribution in [0.4, 0.5) is 0 Å². The van der Waals surface area contributed by atoms with Crippen LogP contribution < -0.4 is 4.74 Å². The van der Waals surface area contributed by atoms with Gasteiger partial charge in [-0.25, -0.2) is 5.01 Å². The highest BCUT2D eigenvalue weighted by atomic mass is 79.9. The van der Waals surface area contributed by atoms with Gasteiger partial charge in [-0.3, -0.25) is 0 Å². The molecule has 2 aliphatic rings. The maximum atomic E-state index is 6.37. The van der Waals surface area contributed by atoms with E-state index in [0.717, 1.165) is 27.9 Å². The maximum Gasteiger partial charge on any atom is 0.213 e. The smallest absolute Gasteiger partial charge is 0.213 e. The molecule has 2 atom stereocenters. The first-order chi connectivity index (χ1) is 12.8. The number of benzene rings is 3. The number of hydrogen-bond donors (Lipinski definition) is 0. The van der Waals surface area contributed by atoms with Crippen LogP contribution in [0.25, 0.3) is 0 Å². The van der Waals surface area contributed by atoms with Crippen molar-refractivity contribution >= 4 is 21.6 Å². The second-order valence-corrected chi connectivity index (χ2v) is 7.49. The van der Waals surface area contributed by atoms with Gasteiger partial charge in [-0.2, -0.15) is 5.10 Å². The first kappa shape index (κ1) is 15.6. The number of hydrogen-bond acceptors (Lipinski definition) is 3. The van der Waals surface area contributed by atoms with Crippen molar-refractivity contribution in [3.05, 3.63) is 100 Å². The lowest BCUT2D eigenvalue weighted by Gasteiger charge is -2.38. The Bertz CT molecular complexity index is 972. The van der Waals surface area contributed by atoms with Crippen molar-refractivity contribution in [2.45, 2.75) is 18.7 Å². The molecule has 0 amide bonds. The third-order valence-corrected chi connectivity index (χ3v) is 5.44. The Morgan fingerprint density at radius 1 is 0.923 bits per heavy atom. The molecule has 0 saturated carbocycles. The highest BCUT2D eigenvalue weighted by molar-refractivity contribution is 9.10. The van der Waals surface area contributed by atoms with E-state index in [1.54, 1.807) is 0 Å². The minimum atomic E-state index is -0.212. The molecule has 26 heavy (non-hydrogen) atoms. The summed E-state index contributed by atoms with van der Waals surface area (Å²) in [6.07, 6.45) is 0.663. The van der Waals surface area contributed by atoms with Crippen molar-refractivity contribution in [1.82, 2.24) is 5.01 Å². The Morgan fingerprint density at radius 3 is 2.42 bits per heavy atom. The van der Waals surface area contributed by atoms with Gasteiger partial charge in [0.2, 0.25) is 6.23 Å². The van der Waals surface area contributed by atoms with Crippen molar-refractivity contribution in [2.24, 2.45) is 5.10 Å². The molecule has 0 bridgehead atoms. The van der Waals surface area contributed by atoms with Crippen LogP contribution in [0.15, 0.2) is 88.4 Å². The van der Waals surface area contributed by atoms with Crippen LogP contribution in [0.5, 0.6) is 5.75 Å². The van der Waals surface area contributed by atoms with Gasteiger partial charge in [0.15, 0.2) is 0 Å². The Hall–Kier alpha value is -2.59. The molecular formula is C22H17BrN2O. The van der Waals surface area contributed by atoms with Crippen LogP contribution in [0.2, 0.25) is 0 Å². The molecule has 3 nitrogen and oxygen atoms in total. The van der Waals surface area contributed by atoms with E-state index in [0.29, 0.717) is 0 Å². The van der Waals surface area contributed by atoms with E-state index in [2.05, 4.69) is 63.4 Å². The Kier molecular flexibility index (Phi) is 3.79. The molecule has 0 N–H and O–H groups in total. The quantitative estimate of drug-likeness (QED) is 0.547. The van der Waals surface area contributed by atoms with Gasteiger partial charge in [-0.15, -0.1) is 0 Å². The fourth-order valence-corrected chi connectivity index (χ4v) is 4.08. The Labute approximate surface area is 161 Å². The van der Waals surface area contributed by atoms with Crippen LogP contribution >= 0.6 is 15.9 Å². The van der Waals surface area contributed by atoms with Crippen molar-refractivity contribution in [3.63, 3.8) is 0 Å². The van der Waals surface area contributed by atoms with Crippen molar-refractivity contribution < 1.29 is 4.74 Å². The number of ether oxygens (including phenoxy) is 1. The summed E-state index contributed by atoms with van der Waals surface area (Å²) in [6.45, 7) is 0. The van der Waals surface area contributed by atoms with Crippen LogP contribution in [0.1, 0.15) is 35.4 Å². The standard InChI is InChI=1S/C22H17BrN2O/c23-17-11-12-21-18(13-17)20-14-19(15-7-3-1-4-8-15)24-25(20)22(26-21)16-9-5-2-6-10-16/h1-13,20,22H,14H2. The largest absolute Gasteiger partial charge is 0.464 e. The van der Waals surface area contributed by atoms with E-state index in [1.807, 2.05) is 36.4 Å². The van der Waals surface area contributed by atoms with E-state index < -0.39 is 0 Å². The lowest BCUT2D eigenvalue weighted by Crippen LogP contribution is -2.33. The molecule has 0 saturated heterocycles. The molecule has 0 radical (unpaired) electrons. The molecule has 128 valence electrons. The molecule has 5 rings (SSSR count). The topological polar surface area (TPSA) is 24.8 Å². The van der Waals surface area contributed by atoms with Gasteiger partial charge in [0.05, 0.1) is 11.8 Å². The van der Waals surface area contributed by atoms with Crippen molar-refractivity contribution in [2.75, 3.05) is 0 Å². The number of fused-ring (bicyclic) bond motifs is 3. The number of nitrogens with zero attached hydrogens (tertiary/aromatic N) is 2. The summed E-state index contributed by atoms with van der Waals surface area (Å²) in [7, 11) is 0. The minimum Gasteiger partial charge on any atom is -0.464 e. The highest BCUT2D eigenvalue weighted by Gasteiger charge is 2.40. The summed E-state index contributed by atoms with van der Waals surface area (Å²) in [5.74, 6) is 0.938. The summed E-state index contributed by atoms with van der Waals surface area (Å²) < 4.78 is 7.43. The Balaban J connectivity index is 1.62. The van der Waals surface area contributed by atoms with Gasteiger partial charge in [0.25, 0.3) is 0 Å². The van der Waals surface area contributed by atoms with Crippen LogP contribution in [-0.2, 0) is 0 Å². The van der Waals surface area contributed by atoms with Crippen LogP contribution in [0.3, 0.4) is 0 Å². The molecule has 4 heteroatoms. The summed E-state index contributed by atoms with van der Waals surface area (Å²) in [4.78, 5) is 0.